The van der Waals surface area contributed by atoms with Gasteiger partial charge in [0.15, 0.2) is 17.3 Å². The fraction of sp³-hybridized carbons (Fsp3) is 0.118. The Morgan fingerprint density at radius 1 is 1.17 bits per heavy atom. The first-order chi connectivity index (χ1) is 11.5. The number of carbonyl (C=O) groups excluding carboxylic acids is 1. The van der Waals surface area contributed by atoms with Crippen LogP contribution in [0.3, 0.4) is 0 Å². The van der Waals surface area contributed by atoms with Gasteiger partial charge in [0.05, 0.1) is 30.8 Å². The van der Waals surface area contributed by atoms with Gasteiger partial charge in [0.1, 0.15) is 0 Å². The Balaban J connectivity index is 2.40. The largest absolute Gasteiger partial charge is 0.493 e. The van der Waals surface area contributed by atoms with Gasteiger partial charge in [0, 0.05) is 10.6 Å². The summed E-state index contributed by atoms with van der Waals surface area (Å²) < 4.78 is 10.2. The molecular weight excluding hydrogens is 334 g/mol. The summed E-state index contributed by atoms with van der Waals surface area (Å²) in [4.78, 5) is 22.8. The molecule has 24 heavy (non-hydrogen) atoms. The molecule has 0 fully saturated rings. The van der Waals surface area contributed by atoms with Crippen LogP contribution in [0.25, 0.3) is 6.08 Å². The van der Waals surface area contributed by atoms with Crippen LogP contribution < -0.4 is 9.47 Å². The lowest BCUT2D eigenvalue weighted by molar-refractivity contribution is -0.385. The highest BCUT2D eigenvalue weighted by atomic mass is 35.5. The number of ketones is 1. The Morgan fingerprint density at radius 2 is 1.83 bits per heavy atom. The Bertz CT molecular complexity index is 817. The minimum absolute atomic E-state index is 0.192. The van der Waals surface area contributed by atoms with Gasteiger partial charge >= 0.3 is 0 Å². The topological polar surface area (TPSA) is 78.7 Å². The van der Waals surface area contributed by atoms with E-state index in [1.807, 2.05) is 0 Å². The van der Waals surface area contributed by atoms with E-state index in [0.717, 1.165) is 0 Å². The van der Waals surface area contributed by atoms with E-state index in [4.69, 9.17) is 21.1 Å². The van der Waals surface area contributed by atoms with Gasteiger partial charge in [-0.15, -0.1) is 0 Å². The van der Waals surface area contributed by atoms with Crippen LogP contribution in [0.1, 0.15) is 15.9 Å². The van der Waals surface area contributed by atoms with Crippen molar-refractivity contribution in [2.45, 2.75) is 0 Å². The predicted octanol–water partition coefficient (Wildman–Crippen LogP) is 4.16. The van der Waals surface area contributed by atoms with Crippen molar-refractivity contribution in [2.24, 2.45) is 0 Å². The molecule has 0 bridgehead atoms. The molecule has 0 amide bonds. The van der Waals surface area contributed by atoms with E-state index in [1.165, 1.54) is 44.6 Å². The number of methoxy groups -OCH3 is 2. The maximum absolute atomic E-state index is 12.2. The van der Waals surface area contributed by atoms with Crippen LogP contribution >= 0.6 is 11.6 Å². The van der Waals surface area contributed by atoms with Crippen molar-refractivity contribution >= 4 is 29.1 Å². The van der Waals surface area contributed by atoms with E-state index in [0.29, 0.717) is 16.3 Å². The zero-order valence-corrected chi connectivity index (χ0v) is 13.7. The number of allylic oxidation sites excluding steroid dienone is 1. The standard InChI is InChI=1S/C17H14ClNO5/c1-23-16-9-11(14(19(21)22)10-17(16)24-2)6-7-15(20)12-4-3-5-13(18)8-12/h3-10H,1-2H3. The molecule has 0 aliphatic carbocycles. The van der Waals surface area contributed by atoms with E-state index in [-0.39, 0.29) is 22.8 Å². The average molecular weight is 348 g/mol. The first-order valence-electron chi connectivity index (χ1n) is 6.84. The van der Waals surface area contributed by atoms with E-state index < -0.39 is 4.92 Å². The average Bonchev–Trinajstić information content (AvgIpc) is 2.58. The summed E-state index contributed by atoms with van der Waals surface area (Å²) in [5, 5.41) is 11.7. The Kier molecular flexibility index (Phi) is 5.55. The molecule has 124 valence electrons. The van der Waals surface area contributed by atoms with Crippen LogP contribution in [0.5, 0.6) is 11.5 Å². The molecule has 7 heteroatoms. The first kappa shape index (κ1) is 17.5. The Hall–Kier alpha value is -2.86. The minimum Gasteiger partial charge on any atom is -0.493 e. The normalized spacial score (nSPS) is 10.6. The van der Waals surface area contributed by atoms with E-state index in [2.05, 4.69) is 0 Å². The molecule has 0 radical (unpaired) electrons. The molecule has 0 atom stereocenters. The molecule has 0 heterocycles. The van der Waals surface area contributed by atoms with Crippen molar-refractivity contribution in [3.63, 3.8) is 0 Å². The van der Waals surface area contributed by atoms with Gasteiger partial charge in [0.25, 0.3) is 5.69 Å². The molecule has 0 aliphatic rings. The number of carbonyl (C=O) groups is 1. The zero-order valence-electron chi connectivity index (χ0n) is 13.0. The highest BCUT2D eigenvalue weighted by molar-refractivity contribution is 6.31. The predicted molar refractivity (Wildman–Crippen MR) is 91.0 cm³/mol. The van der Waals surface area contributed by atoms with Gasteiger partial charge in [-0.2, -0.15) is 0 Å². The quantitative estimate of drug-likeness (QED) is 0.339. The van der Waals surface area contributed by atoms with Crippen LogP contribution in [0.2, 0.25) is 5.02 Å². The number of nitro benzene ring substituents is 1. The number of nitro groups is 1. The molecular formula is C17H14ClNO5. The van der Waals surface area contributed by atoms with Crippen LogP contribution in [-0.4, -0.2) is 24.9 Å². The summed E-state index contributed by atoms with van der Waals surface area (Å²) in [6, 6.07) is 9.14. The van der Waals surface area contributed by atoms with Crippen LogP contribution in [-0.2, 0) is 0 Å². The molecule has 6 nitrogen and oxygen atoms in total. The van der Waals surface area contributed by atoms with Crippen molar-refractivity contribution in [1.29, 1.82) is 0 Å². The lowest BCUT2D eigenvalue weighted by atomic mass is 10.1. The van der Waals surface area contributed by atoms with Crippen LogP contribution in [0, 0.1) is 10.1 Å². The fourth-order valence-electron chi connectivity index (χ4n) is 2.08. The van der Waals surface area contributed by atoms with Gasteiger partial charge in [-0.3, -0.25) is 14.9 Å². The molecule has 0 saturated heterocycles. The van der Waals surface area contributed by atoms with Gasteiger partial charge in [-0.1, -0.05) is 23.7 Å². The number of nitrogens with zero attached hydrogens (tertiary/aromatic N) is 1. The molecule has 2 aromatic rings. The first-order valence-corrected chi connectivity index (χ1v) is 7.22. The van der Waals surface area contributed by atoms with Gasteiger partial charge in [0.2, 0.25) is 0 Å². The number of rotatable bonds is 6. The lowest BCUT2D eigenvalue weighted by Crippen LogP contribution is -1.98. The van der Waals surface area contributed by atoms with Crippen molar-refractivity contribution in [3.05, 3.63) is 68.7 Å². The SMILES string of the molecule is COc1cc(C=CC(=O)c2cccc(Cl)c2)c([N+](=O)[O-])cc1OC. The third kappa shape index (κ3) is 3.91. The van der Waals surface area contributed by atoms with Gasteiger partial charge in [-0.05, 0) is 30.4 Å². The molecule has 2 aromatic carbocycles. The summed E-state index contributed by atoms with van der Waals surface area (Å²) in [5.41, 5.74) is 0.428. The van der Waals surface area contributed by atoms with E-state index in [1.54, 1.807) is 18.2 Å². The summed E-state index contributed by atoms with van der Waals surface area (Å²) >= 11 is 5.85. The molecule has 0 spiro atoms. The summed E-state index contributed by atoms with van der Waals surface area (Å²) in [6.45, 7) is 0. The number of hydrogen-bond donors (Lipinski definition) is 0. The summed E-state index contributed by atoms with van der Waals surface area (Å²) in [7, 11) is 2.81. The number of hydrogen-bond acceptors (Lipinski definition) is 5. The lowest BCUT2D eigenvalue weighted by Gasteiger charge is -2.08. The second-order valence-electron chi connectivity index (χ2n) is 4.73. The van der Waals surface area contributed by atoms with Crippen molar-refractivity contribution < 1.29 is 19.2 Å². The molecule has 0 aromatic heterocycles. The van der Waals surface area contributed by atoms with Crippen molar-refractivity contribution in [3.8, 4) is 11.5 Å². The van der Waals surface area contributed by atoms with Crippen LogP contribution in [0.15, 0.2) is 42.5 Å². The summed E-state index contributed by atoms with van der Waals surface area (Å²) in [5.74, 6) is 0.252. The van der Waals surface area contributed by atoms with E-state index >= 15 is 0 Å². The van der Waals surface area contributed by atoms with Gasteiger partial charge in [-0.25, -0.2) is 0 Å². The number of halogens is 1. The second kappa shape index (κ2) is 7.61. The minimum atomic E-state index is -0.550. The third-order valence-electron chi connectivity index (χ3n) is 3.25. The zero-order chi connectivity index (χ0) is 17.7. The number of ether oxygens (including phenoxy) is 2. The molecule has 0 aliphatic heterocycles. The van der Waals surface area contributed by atoms with Gasteiger partial charge < -0.3 is 9.47 Å². The highest BCUT2D eigenvalue weighted by Crippen LogP contribution is 2.35. The third-order valence-corrected chi connectivity index (χ3v) is 3.49. The highest BCUT2D eigenvalue weighted by Gasteiger charge is 2.18. The van der Waals surface area contributed by atoms with Crippen LogP contribution in [0.4, 0.5) is 5.69 Å². The maximum atomic E-state index is 12.2. The molecule has 0 N–H and O–H groups in total. The molecule has 0 unspecified atom stereocenters. The fourth-order valence-corrected chi connectivity index (χ4v) is 2.27. The van der Waals surface area contributed by atoms with Crippen molar-refractivity contribution in [1.82, 2.24) is 0 Å². The monoisotopic (exact) mass is 347 g/mol. The summed E-state index contributed by atoms with van der Waals surface area (Å²) in [6.07, 6.45) is 2.61. The van der Waals surface area contributed by atoms with E-state index in [9.17, 15) is 14.9 Å². The van der Waals surface area contributed by atoms with Crippen molar-refractivity contribution in [2.75, 3.05) is 14.2 Å². The maximum Gasteiger partial charge on any atom is 0.280 e. The number of benzene rings is 2. The molecule has 2 rings (SSSR count). The molecule has 0 saturated carbocycles. The Morgan fingerprint density at radius 3 is 2.42 bits per heavy atom. The second-order valence-corrected chi connectivity index (χ2v) is 5.17. The Labute approximate surface area is 143 Å². The smallest absolute Gasteiger partial charge is 0.280 e.